The standard InChI is InChI=1S/C23H31N3O/c1-4-5-6-8-15(2)25-23(27)17-11-19-18-9-7-10-20-22(18)16(13-24-20)12-21(19)26(3)14-17/h7,9-11,13,15,17,21,24H,4-6,8,12,14H2,1-3H3,(H,25,27)/t15-,17+,21+/m0/s1. The molecule has 2 aromatic rings. The quantitative estimate of drug-likeness (QED) is 0.757. The molecule has 0 spiro atoms. The van der Waals surface area contributed by atoms with Crippen LogP contribution in [-0.4, -0.2) is 41.5 Å². The van der Waals surface area contributed by atoms with Crippen LogP contribution in [0.5, 0.6) is 0 Å². The van der Waals surface area contributed by atoms with Crippen molar-refractivity contribution in [3.8, 4) is 0 Å². The number of rotatable bonds is 6. The lowest BCUT2D eigenvalue weighted by Crippen LogP contribution is -2.47. The zero-order valence-electron chi connectivity index (χ0n) is 16.7. The summed E-state index contributed by atoms with van der Waals surface area (Å²) in [4.78, 5) is 18.7. The summed E-state index contributed by atoms with van der Waals surface area (Å²) in [6.45, 7) is 5.13. The van der Waals surface area contributed by atoms with Gasteiger partial charge in [0.1, 0.15) is 0 Å². The molecule has 0 radical (unpaired) electrons. The van der Waals surface area contributed by atoms with E-state index in [9.17, 15) is 4.79 Å². The third-order valence-corrected chi connectivity index (χ3v) is 6.23. The number of likely N-dealkylation sites (N-methyl/N-ethyl adjacent to an activating group) is 1. The van der Waals surface area contributed by atoms with Gasteiger partial charge in [-0.3, -0.25) is 9.69 Å². The van der Waals surface area contributed by atoms with Crippen LogP contribution >= 0.6 is 0 Å². The average Bonchev–Trinajstić information content (AvgIpc) is 3.07. The third-order valence-electron chi connectivity index (χ3n) is 6.23. The Hall–Kier alpha value is -2.07. The zero-order chi connectivity index (χ0) is 19.0. The van der Waals surface area contributed by atoms with Crippen LogP contribution in [0.2, 0.25) is 0 Å². The molecule has 27 heavy (non-hydrogen) atoms. The number of nitrogens with zero attached hydrogens (tertiary/aromatic N) is 1. The number of unbranched alkanes of at least 4 members (excludes halogenated alkanes) is 2. The molecule has 4 heteroatoms. The van der Waals surface area contributed by atoms with Crippen LogP contribution in [-0.2, 0) is 11.2 Å². The number of carbonyl (C=O) groups is 1. The minimum Gasteiger partial charge on any atom is -0.361 e. The summed E-state index contributed by atoms with van der Waals surface area (Å²) in [5.41, 5.74) is 5.20. The molecule has 1 aliphatic carbocycles. The first kappa shape index (κ1) is 18.3. The van der Waals surface area contributed by atoms with Gasteiger partial charge in [-0.1, -0.05) is 44.4 Å². The summed E-state index contributed by atoms with van der Waals surface area (Å²) in [7, 11) is 2.15. The summed E-state index contributed by atoms with van der Waals surface area (Å²) in [5.74, 6) is 0.0921. The molecule has 0 saturated heterocycles. The van der Waals surface area contributed by atoms with Gasteiger partial charge in [0.2, 0.25) is 5.91 Å². The molecule has 2 N–H and O–H groups in total. The Kier molecular flexibility index (Phi) is 5.09. The molecule has 1 aliphatic heterocycles. The lowest BCUT2D eigenvalue weighted by molar-refractivity contribution is -0.125. The molecule has 0 fully saturated rings. The van der Waals surface area contributed by atoms with E-state index in [1.807, 2.05) is 0 Å². The van der Waals surface area contributed by atoms with Crippen molar-refractivity contribution in [2.45, 2.75) is 58.0 Å². The molecule has 144 valence electrons. The van der Waals surface area contributed by atoms with Crippen LogP contribution in [0.15, 0.2) is 30.5 Å². The summed E-state index contributed by atoms with van der Waals surface area (Å²) >= 11 is 0. The maximum absolute atomic E-state index is 12.9. The largest absolute Gasteiger partial charge is 0.361 e. The third kappa shape index (κ3) is 3.43. The minimum atomic E-state index is -0.0781. The highest BCUT2D eigenvalue weighted by Gasteiger charge is 2.35. The number of hydrogen-bond donors (Lipinski definition) is 2. The van der Waals surface area contributed by atoms with Crippen LogP contribution in [0.4, 0.5) is 0 Å². The minimum absolute atomic E-state index is 0.0781. The van der Waals surface area contributed by atoms with Crippen LogP contribution in [0.1, 0.15) is 50.7 Å². The van der Waals surface area contributed by atoms with E-state index in [0.717, 1.165) is 19.4 Å². The predicted molar refractivity (Wildman–Crippen MR) is 112 cm³/mol. The van der Waals surface area contributed by atoms with E-state index in [2.05, 4.69) is 66.6 Å². The molecule has 0 saturated carbocycles. The topological polar surface area (TPSA) is 48.1 Å². The molecule has 1 amide bonds. The number of fused-ring (bicyclic) bond motifs is 2. The Labute approximate surface area is 162 Å². The molecule has 0 unspecified atom stereocenters. The molecular formula is C23H31N3O. The molecule has 1 aromatic heterocycles. The molecule has 1 aromatic carbocycles. The number of aromatic nitrogens is 1. The second-order valence-electron chi connectivity index (χ2n) is 8.34. The van der Waals surface area contributed by atoms with Gasteiger partial charge in [-0.2, -0.15) is 0 Å². The number of nitrogens with one attached hydrogen (secondary N) is 2. The molecule has 2 heterocycles. The van der Waals surface area contributed by atoms with Gasteiger partial charge in [0.05, 0.1) is 5.92 Å². The van der Waals surface area contributed by atoms with Gasteiger partial charge in [0, 0.05) is 35.7 Å². The SMILES string of the molecule is CCCCC[C@H](C)NC(=O)[C@@H]1C=C2c3cccc4[nH]cc(c34)C[C@H]2N(C)C1. The van der Waals surface area contributed by atoms with Gasteiger partial charge in [-0.25, -0.2) is 0 Å². The van der Waals surface area contributed by atoms with E-state index in [0.29, 0.717) is 6.04 Å². The molecule has 3 atom stereocenters. The van der Waals surface area contributed by atoms with Crippen molar-refractivity contribution in [2.24, 2.45) is 5.92 Å². The van der Waals surface area contributed by atoms with Crippen molar-refractivity contribution < 1.29 is 4.79 Å². The van der Waals surface area contributed by atoms with Crippen molar-refractivity contribution in [1.82, 2.24) is 15.2 Å². The van der Waals surface area contributed by atoms with Crippen molar-refractivity contribution in [2.75, 3.05) is 13.6 Å². The Morgan fingerprint density at radius 2 is 2.22 bits per heavy atom. The number of benzene rings is 1. The second-order valence-corrected chi connectivity index (χ2v) is 8.34. The van der Waals surface area contributed by atoms with Crippen LogP contribution in [0.25, 0.3) is 16.5 Å². The van der Waals surface area contributed by atoms with Crippen LogP contribution in [0, 0.1) is 5.92 Å². The first-order valence-electron chi connectivity index (χ1n) is 10.4. The van der Waals surface area contributed by atoms with Gasteiger partial charge < -0.3 is 10.3 Å². The Bertz CT molecular complexity index is 866. The molecule has 0 bridgehead atoms. The predicted octanol–water partition coefficient (Wildman–Crippen LogP) is 4.12. The number of aromatic amines is 1. The van der Waals surface area contributed by atoms with Crippen molar-refractivity contribution >= 4 is 22.4 Å². The summed E-state index contributed by atoms with van der Waals surface area (Å²) < 4.78 is 0. The number of amides is 1. The Morgan fingerprint density at radius 1 is 1.37 bits per heavy atom. The fourth-order valence-corrected chi connectivity index (χ4v) is 4.74. The summed E-state index contributed by atoms with van der Waals surface area (Å²) in [6.07, 6.45) is 10.1. The van der Waals surface area contributed by atoms with Gasteiger partial charge in [-0.05, 0) is 49.6 Å². The van der Waals surface area contributed by atoms with E-state index >= 15 is 0 Å². The van der Waals surface area contributed by atoms with Crippen LogP contribution in [0.3, 0.4) is 0 Å². The normalized spacial score (nSPS) is 23.0. The van der Waals surface area contributed by atoms with Crippen molar-refractivity contribution in [3.63, 3.8) is 0 Å². The Balaban J connectivity index is 1.57. The first-order chi connectivity index (χ1) is 13.1. The van der Waals surface area contributed by atoms with E-state index in [4.69, 9.17) is 0 Å². The fraction of sp³-hybridized carbons (Fsp3) is 0.522. The molecule has 4 rings (SSSR count). The second kappa shape index (κ2) is 7.51. The number of carbonyl (C=O) groups excluding carboxylic acids is 1. The number of H-pyrrole nitrogens is 1. The highest BCUT2D eigenvalue weighted by molar-refractivity contribution is 5.99. The van der Waals surface area contributed by atoms with Gasteiger partial charge in [-0.15, -0.1) is 0 Å². The lowest BCUT2D eigenvalue weighted by Gasteiger charge is -2.39. The summed E-state index contributed by atoms with van der Waals surface area (Å²) in [5, 5.41) is 4.58. The first-order valence-corrected chi connectivity index (χ1v) is 10.4. The summed E-state index contributed by atoms with van der Waals surface area (Å²) in [6, 6.07) is 7.07. The number of hydrogen-bond acceptors (Lipinski definition) is 2. The highest BCUT2D eigenvalue weighted by atomic mass is 16.2. The molecular weight excluding hydrogens is 334 g/mol. The molecule has 4 nitrogen and oxygen atoms in total. The van der Waals surface area contributed by atoms with Crippen LogP contribution < -0.4 is 5.32 Å². The smallest absolute Gasteiger partial charge is 0.228 e. The maximum atomic E-state index is 12.9. The lowest BCUT2D eigenvalue weighted by atomic mass is 9.80. The highest BCUT2D eigenvalue weighted by Crippen LogP contribution is 2.40. The van der Waals surface area contributed by atoms with Crippen molar-refractivity contribution in [3.05, 3.63) is 41.6 Å². The van der Waals surface area contributed by atoms with E-state index in [1.54, 1.807) is 0 Å². The molecule has 2 aliphatic rings. The van der Waals surface area contributed by atoms with Gasteiger partial charge in [0.15, 0.2) is 0 Å². The monoisotopic (exact) mass is 365 g/mol. The van der Waals surface area contributed by atoms with Gasteiger partial charge >= 0.3 is 0 Å². The maximum Gasteiger partial charge on any atom is 0.228 e. The van der Waals surface area contributed by atoms with E-state index < -0.39 is 0 Å². The van der Waals surface area contributed by atoms with E-state index in [-0.39, 0.29) is 17.9 Å². The van der Waals surface area contributed by atoms with Gasteiger partial charge in [0.25, 0.3) is 0 Å². The van der Waals surface area contributed by atoms with E-state index in [1.165, 1.54) is 46.9 Å². The average molecular weight is 366 g/mol. The zero-order valence-corrected chi connectivity index (χ0v) is 16.7. The Morgan fingerprint density at radius 3 is 3.04 bits per heavy atom. The van der Waals surface area contributed by atoms with Crippen molar-refractivity contribution in [1.29, 1.82) is 0 Å². The fourth-order valence-electron chi connectivity index (χ4n) is 4.74.